The second kappa shape index (κ2) is 5.14. The van der Waals surface area contributed by atoms with E-state index in [0.29, 0.717) is 17.5 Å². The highest BCUT2D eigenvalue weighted by atomic mass is 16.5. The Hall–Kier alpha value is -1.62. The smallest absolute Gasteiger partial charge is 0.259 e. The molecule has 2 heterocycles. The molecule has 0 aliphatic carbocycles. The number of nitrogens with zero attached hydrogens (tertiary/aromatic N) is 2. The zero-order valence-electron chi connectivity index (χ0n) is 10.1. The van der Waals surface area contributed by atoms with Gasteiger partial charge >= 0.3 is 0 Å². The first-order chi connectivity index (χ1) is 8.22. The highest BCUT2D eigenvalue weighted by Crippen LogP contribution is 2.16. The lowest BCUT2D eigenvalue weighted by Crippen LogP contribution is -2.51. The number of hydrogen-bond acceptors (Lipinski definition) is 4. The van der Waals surface area contributed by atoms with E-state index in [9.17, 15) is 4.79 Å². The van der Waals surface area contributed by atoms with Gasteiger partial charge < -0.3 is 15.0 Å². The van der Waals surface area contributed by atoms with Crippen LogP contribution < -0.4 is 10.1 Å². The number of rotatable bonds is 2. The van der Waals surface area contributed by atoms with Crippen molar-refractivity contribution in [3.05, 3.63) is 23.9 Å². The van der Waals surface area contributed by atoms with Gasteiger partial charge in [0.15, 0.2) is 0 Å². The van der Waals surface area contributed by atoms with Gasteiger partial charge in [0.05, 0.1) is 7.11 Å². The molecule has 17 heavy (non-hydrogen) atoms. The first kappa shape index (κ1) is 11.9. The van der Waals surface area contributed by atoms with Crippen LogP contribution in [0.4, 0.5) is 0 Å². The van der Waals surface area contributed by atoms with Crippen LogP contribution in [-0.4, -0.2) is 48.6 Å². The van der Waals surface area contributed by atoms with Crippen LogP contribution in [0.3, 0.4) is 0 Å². The van der Waals surface area contributed by atoms with Gasteiger partial charge in [-0.25, -0.2) is 4.98 Å². The van der Waals surface area contributed by atoms with E-state index in [2.05, 4.69) is 17.2 Å². The summed E-state index contributed by atoms with van der Waals surface area (Å²) in [6.45, 7) is 4.34. The second-order valence-corrected chi connectivity index (χ2v) is 4.17. The maximum atomic E-state index is 12.3. The molecule has 0 aromatic carbocycles. The van der Waals surface area contributed by atoms with Gasteiger partial charge in [-0.2, -0.15) is 0 Å². The minimum absolute atomic E-state index is 0.0108. The summed E-state index contributed by atoms with van der Waals surface area (Å²) >= 11 is 0. The van der Waals surface area contributed by atoms with Crippen molar-refractivity contribution >= 4 is 5.91 Å². The summed E-state index contributed by atoms with van der Waals surface area (Å²) in [6.07, 6.45) is 1.62. The van der Waals surface area contributed by atoms with Crippen molar-refractivity contribution < 1.29 is 9.53 Å². The van der Waals surface area contributed by atoms with E-state index in [-0.39, 0.29) is 5.91 Å². The van der Waals surface area contributed by atoms with Crippen LogP contribution >= 0.6 is 0 Å². The molecule has 1 amide bonds. The molecule has 2 rings (SSSR count). The lowest BCUT2D eigenvalue weighted by molar-refractivity contribution is 0.0705. The molecule has 5 nitrogen and oxygen atoms in total. The van der Waals surface area contributed by atoms with Crippen LogP contribution in [0.25, 0.3) is 0 Å². The normalized spacial score (nSPS) is 20.1. The summed E-state index contributed by atoms with van der Waals surface area (Å²) in [6, 6.07) is 3.83. The summed E-state index contributed by atoms with van der Waals surface area (Å²) in [5.74, 6) is 0.381. The zero-order valence-corrected chi connectivity index (χ0v) is 10.1. The molecule has 1 aromatic heterocycles. The molecule has 1 atom stereocenters. The van der Waals surface area contributed by atoms with Crippen molar-refractivity contribution in [1.29, 1.82) is 0 Å². The summed E-state index contributed by atoms with van der Waals surface area (Å²) in [7, 11) is 1.53. The van der Waals surface area contributed by atoms with Gasteiger partial charge in [-0.1, -0.05) is 0 Å². The molecular weight excluding hydrogens is 218 g/mol. The third kappa shape index (κ3) is 2.55. The Morgan fingerprint density at radius 3 is 3.18 bits per heavy atom. The van der Waals surface area contributed by atoms with Gasteiger partial charge in [0.2, 0.25) is 5.88 Å². The molecule has 1 N–H and O–H groups in total. The van der Waals surface area contributed by atoms with Crippen LogP contribution in [-0.2, 0) is 0 Å². The van der Waals surface area contributed by atoms with Crippen LogP contribution in [0.15, 0.2) is 18.3 Å². The highest BCUT2D eigenvalue weighted by Gasteiger charge is 2.24. The Balaban J connectivity index is 2.18. The van der Waals surface area contributed by atoms with E-state index in [1.165, 1.54) is 7.11 Å². The van der Waals surface area contributed by atoms with E-state index >= 15 is 0 Å². The van der Waals surface area contributed by atoms with Crippen LogP contribution in [0.2, 0.25) is 0 Å². The van der Waals surface area contributed by atoms with Crippen molar-refractivity contribution in [2.24, 2.45) is 0 Å². The summed E-state index contributed by atoms with van der Waals surface area (Å²) < 4.78 is 5.11. The number of pyridine rings is 1. The van der Waals surface area contributed by atoms with E-state index in [1.807, 2.05) is 4.90 Å². The van der Waals surface area contributed by atoms with Gasteiger partial charge in [-0.3, -0.25) is 4.79 Å². The minimum Gasteiger partial charge on any atom is -0.480 e. The van der Waals surface area contributed by atoms with Gasteiger partial charge in [-0.15, -0.1) is 0 Å². The Kier molecular flexibility index (Phi) is 3.58. The number of carbonyl (C=O) groups excluding carboxylic acids is 1. The summed E-state index contributed by atoms with van der Waals surface area (Å²) in [5.41, 5.74) is 0.532. The maximum Gasteiger partial charge on any atom is 0.259 e. The maximum absolute atomic E-state index is 12.3. The minimum atomic E-state index is -0.0108. The topological polar surface area (TPSA) is 54.5 Å². The SMILES string of the molecule is COc1ncccc1C(=O)N1CCN[C@@H](C)C1. The molecule has 0 unspecified atom stereocenters. The third-order valence-corrected chi connectivity index (χ3v) is 2.85. The molecular formula is C12H17N3O2. The lowest BCUT2D eigenvalue weighted by Gasteiger charge is -2.32. The van der Waals surface area contributed by atoms with E-state index in [1.54, 1.807) is 18.3 Å². The Labute approximate surface area is 101 Å². The number of piperazine rings is 1. The molecule has 0 spiro atoms. The molecule has 0 bridgehead atoms. The second-order valence-electron chi connectivity index (χ2n) is 4.17. The largest absolute Gasteiger partial charge is 0.480 e. The fraction of sp³-hybridized carbons (Fsp3) is 0.500. The molecule has 5 heteroatoms. The van der Waals surface area contributed by atoms with Gasteiger partial charge in [0.1, 0.15) is 5.56 Å². The molecule has 1 aromatic rings. The number of methoxy groups -OCH3 is 1. The predicted octanol–water partition coefficient (Wildman–Crippen LogP) is 0.524. The van der Waals surface area contributed by atoms with Crippen LogP contribution in [0.5, 0.6) is 5.88 Å². The van der Waals surface area contributed by atoms with Gasteiger partial charge in [0.25, 0.3) is 5.91 Å². The predicted molar refractivity (Wildman–Crippen MR) is 64.2 cm³/mol. The van der Waals surface area contributed by atoms with Crippen molar-refractivity contribution in [2.45, 2.75) is 13.0 Å². The molecule has 1 saturated heterocycles. The average molecular weight is 235 g/mol. The lowest BCUT2D eigenvalue weighted by atomic mass is 10.2. The first-order valence-electron chi connectivity index (χ1n) is 5.74. The van der Waals surface area contributed by atoms with Crippen LogP contribution in [0.1, 0.15) is 17.3 Å². The number of amides is 1. The number of carbonyl (C=O) groups is 1. The van der Waals surface area contributed by atoms with Gasteiger partial charge in [0, 0.05) is 31.9 Å². The molecule has 0 radical (unpaired) electrons. The fourth-order valence-electron chi connectivity index (χ4n) is 2.00. The summed E-state index contributed by atoms with van der Waals surface area (Å²) in [5, 5.41) is 3.31. The summed E-state index contributed by atoms with van der Waals surface area (Å²) in [4.78, 5) is 18.2. The van der Waals surface area contributed by atoms with Crippen LogP contribution in [0, 0.1) is 0 Å². The number of aromatic nitrogens is 1. The van der Waals surface area contributed by atoms with Crippen molar-refractivity contribution in [2.75, 3.05) is 26.7 Å². The number of nitrogens with one attached hydrogen (secondary N) is 1. The molecule has 1 fully saturated rings. The first-order valence-corrected chi connectivity index (χ1v) is 5.74. The standard InChI is InChI=1S/C12H17N3O2/c1-9-8-15(7-6-13-9)12(16)10-4-3-5-14-11(10)17-2/h3-5,9,13H,6-8H2,1-2H3/t9-/m0/s1. The molecule has 1 aliphatic heterocycles. The van der Waals surface area contributed by atoms with Crippen molar-refractivity contribution in [1.82, 2.24) is 15.2 Å². The zero-order chi connectivity index (χ0) is 12.3. The molecule has 1 aliphatic rings. The molecule has 92 valence electrons. The van der Waals surface area contributed by atoms with E-state index < -0.39 is 0 Å². The number of ether oxygens (including phenoxy) is 1. The molecule has 0 saturated carbocycles. The third-order valence-electron chi connectivity index (χ3n) is 2.85. The van der Waals surface area contributed by atoms with E-state index in [4.69, 9.17) is 4.74 Å². The average Bonchev–Trinajstić information content (AvgIpc) is 2.38. The van der Waals surface area contributed by atoms with Gasteiger partial charge in [-0.05, 0) is 19.1 Å². The van der Waals surface area contributed by atoms with E-state index in [0.717, 1.165) is 19.6 Å². The fourth-order valence-corrected chi connectivity index (χ4v) is 2.00. The van der Waals surface area contributed by atoms with Crippen molar-refractivity contribution in [3.8, 4) is 5.88 Å². The number of hydrogen-bond donors (Lipinski definition) is 1. The highest BCUT2D eigenvalue weighted by molar-refractivity contribution is 5.96. The Morgan fingerprint density at radius 1 is 1.65 bits per heavy atom. The van der Waals surface area contributed by atoms with Crippen molar-refractivity contribution in [3.63, 3.8) is 0 Å². The Bertz CT molecular complexity index is 408. The quantitative estimate of drug-likeness (QED) is 0.812. The Morgan fingerprint density at radius 2 is 2.47 bits per heavy atom. The monoisotopic (exact) mass is 235 g/mol.